The number of amides is 1. The van der Waals surface area contributed by atoms with Gasteiger partial charge in [-0.1, -0.05) is 121 Å². The van der Waals surface area contributed by atoms with E-state index in [0.29, 0.717) is 18.8 Å². The predicted molar refractivity (Wildman–Crippen MR) is 137 cm³/mol. The lowest BCUT2D eigenvalue weighted by atomic mass is 9.84. The second-order valence-electron chi connectivity index (χ2n) is 7.82. The molecule has 0 atom stereocenters. The molecule has 4 aromatic carbocycles. The molecule has 0 unspecified atom stereocenters. The maximum Gasteiger partial charge on any atom is 0.407 e. The monoisotopic (exact) mass is 453 g/mol. The fourth-order valence-corrected chi connectivity index (χ4v) is 5.65. The Labute approximate surface area is 199 Å². The molecule has 0 fully saturated rings. The van der Waals surface area contributed by atoms with Crippen LogP contribution in [0.15, 0.2) is 121 Å². The minimum absolute atomic E-state index is 0.381. The average molecular weight is 454 g/mol. The largest absolute Gasteiger partial charge is 0.465 e. The van der Waals surface area contributed by atoms with Crippen LogP contribution >= 0.6 is 11.8 Å². The van der Waals surface area contributed by atoms with Crippen molar-refractivity contribution < 1.29 is 9.90 Å². The third-order valence-electron chi connectivity index (χ3n) is 5.71. The van der Waals surface area contributed by atoms with E-state index in [1.807, 2.05) is 48.5 Å². The molecule has 0 aliphatic rings. The highest BCUT2D eigenvalue weighted by Crippen LogP contribution is 2.48. The Morgan fingerprint density at radius 1 is 0.667 bits per heavy atom. The van der Waals surface area contributed by atoms with Crippen LogP contribution in [0.1, 0.15) is 22.3 Å². The van der Waals surface area contributed by atoms with E-state index < -0.39 is 10.8 Å². The Morgan fingerprint density at radius 2 is 1.06 bits per heavy atom. The van der Waals surface area contributed by atoms with Gasteiger partial charge in [0.1, 0.15) is 0 Å². The van der Waals surface area contributed by atoms with E-state index in [1.165, 1.54) is 21.6 Å². The molecule has 0 saturated heterocycles. The Bertz CT molecular complexity index is 1040. The summed E-state index contributed by atoms with van der Waals surface area (Å²) >= 11 is 1.78. The van der Waals surface area contributed by atoms with Crippen LogP contribution in [-0.4, -0.2) is 28.4 Å². The first-order valence-electron chi connectivity index (χ1n) is 11.0. The summed E-state index contributed by atoms with van der Waals surface area (Å²) < 4.78 is -0.444. The molecule has 33 heavy (non-hydrogen) atoms. The number of rotatable bonds is 9. The third kappa shape index (κ3) is 5.29. The van der Waals surface area contributed by atoms with Crippen molar-refractivity contribution in [2.75, 3.05) is 12.3 Å². The number of hydrogen-bond acceptors (Lipinski definition) is 2. The van der Waals surface area contributed by atoms with Gasteiger partial charge in [0, 0.05) is 18.8 Å². The van der Waals surface area contributed by atoms with Crippen LogP contribution in [0.5, 0.6) is 0 Å². The minimum atomic E-state index is -0.899. The Hall–Kier alpha value is -3.50. The van der Waals surface area contributed by atoms with Crippen molar-refractivity contribution >= 4 is 17.9 Å². The Balaban J connectivity index is 1.67. The lowest BCUT2D eigenvalue weighted by Gasteiger charge is -2.36. The number of hydrogen-bond donors (Lipinski definition) is 1. The average Bonchev–Trinajstić information content (AvgIpc) is 2.88. The van der Waals surface area contributed by atoms with Gasteiger partial charge in [0.25, 0.3) is 0 Å². The summed E-state index contributed by atoms with van der Waals surface area (Å²) in [5, 5.41) is 9.83. The van der Waals surface area contributed by atoms with E-state index >= 15 is 0 Å². The highest BCUT2D eigenvalue weighted by atomic mass is 32.2. The van der Waals surface area contributed by atoms with Gasteiger partial charge in [-0.3, -0.25) is 0 Å². The summed E-state index contributed by atoms with van der Waals surface area (Å²) in [4.78, 5) is 13.5. The number of nitrogens with zero attached hydrogens (tertiary/aromatic N) is 1. The summed E-state index contributed by atoms with van der Waals surface area (Å²) in [7, 11) is 0. The zero-order valence-electron chi connectivity index (χ0n) is 18.4. The van der Waals surface area contributed by atoms with Crippen LogP contribution < -0.4 is 0 Å². The topological polar surface area (TPSA) is 40.5 Å². The van der Waals surface area contributed by atoms with E-state index in [0.717, 1.165) is 5.56 Å². The normalized spacial score (nSPS) is 11.2. The van der Waals surface area contributed by atoms with Crippen LogP contribution in [-0.2, 0) is 11.3 Å². The molecule has 0 bridgehead atoms. The van der Waals surface area contributed by atoms with Crippen molar-refractivity contribution in [3.8, 4) is 0 Å². The van der Waals surface area contributed by atoms with E-state index in [-0.39, 0.29) is 0 Å². The second kappa shape index (κ2) is 10.9. The molecule has 0 aromatic heterocycles. The fourth-order valence-electron chi connectivity index (χ4n) is 4.12. The molecule has 4 heteroatoms. The highest BCUT2D eigenvalue weighted by molar-refractivity contribution is 8.00. The maximum atomic E-state index is 12.0. The predicted octanol–water partition coefficient (Wildman–Crippen LogP) is 6.89. The maximum absolute atomic E-state index is 12.0. The van der Waals surface area contributed by atoms with Crippen LogP contribution in [0.4, 0.5) is 4.79 Å². The van der Waals surface area contributed by atoms with E-state index in [2.05, 4.69) is 72.8 Å². The summed E-state index contributed by atoms with van der Waals surface area (Å²) in [6.45, 7) is 0.814. The lowest BCUT2D eigenvalue weighted by molar-refractivity contribution is 0.145. The number of carboxylic acid groups (broad SMARTS) is 1. The van der Waals surface area contributed by atoms with E-state index in [9.17, 15) is 9.90 Å². The first kappa shape index (κ1) is 22.7. The van der Waals surface area contributed by atoms with Gasteiger partial charge >= 0.3 is 6.09 Å². The number of benzene rings is 4. The first-order valence-corrected chi connectivity index (χ1v) is 12.0. The minimum Gasteiger partial charge on any atom is -0.465 e. The molecule has 4 aromatic rings. The summed E-state index contributed by atoms with van der Waals surface area (Å²) in [6.07, 6.45) is -0.899. The van der Waals surface area contributed by atoms with Gasteiger partial charge < -0.3 is 10.0 Å². The van der Waals surface area contributed by atoms with E-state index in [4.69, 9.17) is 0 Å². The molecule has 0 spiro atoms. The Morgan fingerprint density at radius 3 is 1.45 bits per heavy atom. The van der Waals surface area contributed by atoms with Gasteiger partial charge in [-0.15, -0.1) is 11.8 Å². The SMILES string of the molecule is O=C(O)N(CCSC(c1ccccc1)(c1ccccc1)c1ccccc1)Cc1ccccc1. The van der Waals surface area contributed by atoms with Crippen LogP contribution in [0.2, 0.25) is 0 Å². The van der Waals surface area contributed by atoms with Gasteiger partial charge in [0.15, 0.2) is 0 Å². The number of carbonyl (C=O) groups is 1. The van der Waals surface area contributed by atoms with Gasteiger partial charge in [-0.25, -0.2) is 4.79 Å². The molecule has 0 aliphatic heterocycles. The molecule has 0 heterocycles. The van der Waals surface area contributed by atoms with Crippen molar-refractivity contribution in [2.45, 2.75) is 11.3 Å². The smallest absolute Gasteiger partial charge is 0.407 e. The standard InChI is InChI=1S/C29H27NO2S/c31-28(32)30(23-24-13-5-1-6-14-24)21-22-33-29(25-15-7-2-8-16-25,26-17-9-3-10-18-26)27-19-11-4-12-20-27/h1-20H,21-23H2,(H,31,32). The quantitative estimate of drug-likeness (QED) is 0.281. The van der Waals surface area contributed by atoms with Gasteiger partial charge in [-0.2, -0.15) is 0 Å². The molecule has 166 valence electrons. The molecular weight excluding hydrogens is 426 g/mol. The van der Waals surface area contributed by atoms with Crippen molar-refractivity contribution in [3.05, 3.63) is 144 Å². The molecule has 1 N–H and O–H groups in total. The lowest BCUT2D eigenvalue weighted by Crippen LogP contribution is -2.33. The molecule has 0 radical (unpaired) electrons. The van der Waals surface area contributed by atoms with Gasteiger partial charge in [0.2, 0.25) is 0 Å². The second-order valence-corrected chi connectivity index (χ2v) is 9.13. The number of thioether (sulfide) groups is 1. The van der Waals surface area contributed by atoms with Crippen LogP contribution in [0.25, 0.3) is 0 Å². The molecule has 1 amide bonds. The molecule has 3 nitrogen and oxygen atoms in total. The van der Waals surface area contributed by atoms with E-state index in [1.54, 1.807) is 11.8 Å². The molecule has 4 rings (SSSR count). The third-order valence-corrected chi connectivity index (χ3v) is 7.23. The summed E-state index contributed by atoms with van der Waals surface area (Å²) in [6, 6.07) is 41.2. The van der Waals surface area contributed by atoms with Crippen molar-refractivity contribution in [1.82, 2.24) is 4.90 Å². The zero-order chi connectivity index (χ0) is 22.9. The van der Waals surface area contributed by atoms with Crippen molar-refractivity contribution in [3.63, 3.8) is 0 Å². The van der Waals surface area contributed by atoms with Gasteiger partial charge in [0.05, 0.1) is 4.75 Å². The summed E-state index contributed by atoms with van der Waals surface area (Å²) in [5.74, 6) is 0.651. The fraction of sp³-hybridized carbons (Fsp3) is 0.138. The molecule has 0 aliphatic carbocycles. The van der Waals surface area contributed by atoms with Gasteiger partial charge in [-0.05, 0) is 22.3 Å². The molecular formula is C29H27NO2S. The van der Waals surface area contributed by atoms with Crippen molar-refractivity contribution in [1.29, 1.82) is 0 Å². The highest BCUT2D eigenvalue weighted by Gasteiger charge is 2.36. The van der Waals surface area contributed by atoms with Crippen LogP contribution in [0, 0.1) is 0 Å². The molecule has 0 saturated carbocycles. The van der Waals surface area contributed by atoms with Crippen molar-refractivity contribution in [2.24, 2.45) is 0 Å². The summed E-state index contributed by atoms with van der Waals surface area (Å²) in [5.41, 5.74) is 4.53. The zero-order valence-corrected chi connectivity index (χ0v) is 19.2. The Kier molecular flexibility index (Phi) is 7.48. The first-order chi connectivity index (χ1) is 16.2. The van der Waals surface area contributed by atoms with Crippen LogP contribution in [0.3, 0.4) is 0 Å².